The molecule has 0 saturated carbocycles. The third-order valence-corrected chi connectivity index (χ3v) is 4.35. The summed E-state index contributed by atoms with van der Waals surface area (Å²) in [6.45, 7) is 9.75. The lowest BCUT2D eigenvalue weighted by molar-refractivity contribution is 0.111. The summed E-state index contributed by atoms with van der Waals surface area (Å²) >= 11 is 0. The molecule has 1 aromatic heterocycles. The topological polar surface area (TPSA) is 33.1 Å². The quantitative estimate of drug-likeness (QED) is 0.885. The summed E-state index contributed by atoms with van der Waals surface area (Å²) in [5, 5.41) is 7.98. The van der Waals surface area contributed by atoms with E-state index in [0.717, 1.165) is 18.8 Å². The van der Waals surface area contributed by atoms with Crippen LogP contribution in [0.3, 0.4) is 0 Å². The number of hydrogen-bond acceptors (Lipinski definition) is 3. The van der Waals surface area contributed by atoms with E-state index in [1.165, 1.54) is 31.5 Å². The maximum absolute atomic E-state index is 4.56. The summed E-state index contributed by atoms with van der Waals surface area (Å²) in [6.07, 6.45) is 3.99. The predicted octanol–water partition coefficient (Wildman–Crippen LogP) is 2.17. The first-order chi connectivity index (χ1) is 9.15. The second kappa shape index (κ2) is 6.53. The van der Waals surface area contributed by atoms with E-state index in [-0.39, 0.29) is 0 Å². The molecule has 1 fully saturated rings. The molecular weight excluding hydrogens is 236 g/mol. The molecule has 0 aliphatic carbocycles. The Morgan fingerprint density at radius 3 is 2.95 bits per heavy atom. The maximum Gasteiger partial charge on any atom is 0.0597 e. The standard InChI is InChI=1S/C15H28N4/c1-5-19-14(10-12(2)17-19)11-18-9-7-6-8-15(18)13(3)16-4/h10,13,15-16H,5-9,11H2,1-4H3. The van der Waals surface area contributed by atoms with Crippen LogP contribution in [0, 0.1) is 6.92 Å². The van der Waals surface area contributed by atoms with E-state index in [1.54, 1.807) is 0 Å². The maximum atomic E-state index is 4.56. The van der Waals surface area contributed by atoms with Gasteiger partial charge in [-0.2, -0.15) is 5.10 Å². The van der Waals surface area contributed by atoms with E-state index in [2.05, 4.69) is 53.9 Å². The van der Waals surface area contributed by atoms with E-state index in [4.69, 9.17) is 0 Å². The van der Waals surface area contributed by atoms with Gasteiger partial charge in [0.2, 0.25) is 0 Å². The molecule has 4 nitrogen and oxygen atoms in total. The molecule has 1 aromatic rings. The molecule has 2 unspecified atom stereocenters. The Bertz CT molecular complexity index is 399. The summed E-state index contributed by atoms with van der Waals surface area (Å²) in [5.74, 6) is 0. The Morgan fingerprint density at radius 1 is 1.47 bits per heavy atom. The highest BCUT2D eigenvalue weighted by Crippen LogP contribution is 2.22. The third-order valence-electron chi connectivity index (χ3n) is 4.35. The third kappa shape index (κ3) is 3.37. The van der Waals surface area contributed by atoms with Crippen LogP contribution in [0.25, 0.3) is 0 Å². The normalized spacial score (nSPS) is 22.6. The Morgan fingerprint density at radius 2 is 2.26 bits per heavy atom. The average molecular weight is 264 g/mol. The van der Waals surface area contributed by atoms with Gasteiger partial charge in [-0.15, -0.1) is 0 Å². The fourth-order valence-electron chi connectivity index (χ4n) is 3.18. The summed E-state index contributed by atoms with van der Waals surface area (Å²) in [7, 11) is 2.07. The van der Waals surface area contributed by atoms with Crippen LogP contribution in [0.4, 0.5) is 0 Å². The molecule has 2 atom stereocenters. The smallest absolute Gasteiger partial charge is 0.0597 e. The van der Waals surface area contributed by atoms with Crippen LogP contribution in [-0.2, 0) is 13.1 Å². The molecule has 2 heterocycles. The van der Waals surface area contributed by atoms with Crippen LogP contribution in [-0.4, -0.2) is 40.4 Å². The van der Waals surface area contributed by atoms with Crippen molar-refractivity contribution in [2.24, 2.45) is 0 Å². The van der Waals surface area contributed by atoms with Gasteiger partial charge in [0.05, 0.1) is 11.4 Å². The Hall–Kier alpha value is -0.870. The van der Waals surface area contributed by atoms with E-state index in [9.17, 15) is 0 Å². The minimum Gasteiger partial charge on any atom is -0.316 e. The van der Waals surface area contributed by atoms with Crippen LogP contribution >= 0.6 is 0 Å². The lowest BCUT2D eigenvalue weighted by atomic mass is 9.96. The van der Waals surface area contributed by atoms with E-state index in [0.29, 0.717) is 12.1 Å². The van der Waals surface area contributed by atoms with Gasteiger partial charge in [-0.05, 0) is 53.3 Å². The number of nitrogens with one attached hydrogen (secondary N) is 1. The van der Waals surface area contributed by atoms with Crippen molar-refractivity contribution < 1.29 is 0 Å². The average Bonchev–Trinajstić information content (AvgIpc) is 2.78. The van der Waals surface area contributed by atoms with Gasteiger partial charge >= 0.3 is 0 Å². The number of rotatable bonds is 5. The summed E-state index contributed by atoms with van der Waals surface area (Å²) in [4.78, 5) is 2.63. The number of aromatic nitrogens is 2. The molecule has 19 heavy (non-hydrogen) atoms. The van der Waals surface area contributed by atoms with Gasteiger partial charge in [0.25, 0.3) is 0 Å². The van der Waals surface area contributed by atoms with Crippen molar-refractivity contribution in [3.05, 3.63) is 17.5 Å². The molecule has 2 rings (SSSR count). The Labute approximate surface area is 117 Å². The van der Waals surface area contributed by atoms with Crippen LogP contribution in [0.5, 0.6) is 0 Å². The number of aryl methyl sites for hydroxylation is 2. The summed E-state index contributed by atoms with van der Waals surface area (Å²) < 4.78 is 2.14. The Kier molecular flexibility index (Phi) is 4.99. The lowest BCUT2D eigenvalue weighted by Crippen LogP contribution is -2.49. The predicted molar refractivity (Wildman–Crippen MR) is 79.2 cm³/mol. The minimum atomic E-state index is 0.555. The van der Waals surface area contributed by atoms with Gasteiger partial charge in [-0.3, -0.25) is 9.58 Å². The van der Waals surface area contributed by atoms with Gasteiger partial charge in [0.15, 0.2) is 0 Å². The number of hydrogen-bond donors (Lipinski definition) is 1. The van der Waals surface area contributed by atoms with Gasteiger partial charge in [0, 0.05) is 25.2 Å². The largest absolute Gasteiger partial charge is 0.316 e. The van der Waals surface area contributed by atoms with Gasteiger partial charge < -0.3 is 5.32 Å². The number of piperidine rings is 1. The summed E-state index contributed by atoms with van der Waals surface area (Å²) in [6, 6.07) is 3.44. The van der Waals surface area contributed by atoms with Gasteiger partial charge in [-0.25, -0.2) is 0 Å². The van der Waals surface area contributed by atoms with E-state index in [1.807, 2.05) is 0 Å². The molecule has 1 N–H and O–H groups in total. The highest BCUT2D eigenvalue weighted by atomic mass is 15.3. The number of likely N-dealkylation sites (tertiary alicyclic amines) is 1. The zero-order chi connectivity index (χ0) is 13.8. The van der Waals surface area contributed by atoms with Crippen molar-refractivity contribution in [3.8, 4) is 0 Å². The van der Waals surface area contributed by atoms with Crippen molar-refractivity contribution in [1.82, 2.24) is 20.0 Å². The lowest BCUT2D eigenvalue weighted by Gasteiger charge is -2.39. The number of likely N-dealkylation sites (N-methyl/N-ethyl adjacent to an activating group) is 1. The second-order valence-electron chi connectivity index (χ2n) is 5.70. The molecular formula is C15H28N4. The minimum absolute atomic E-state index is 0.555. The zero-order valence-electron chi connectivity index (χ0n) is 12.8. The molecule has 4 heteroatoms. The van der Waals surface area contributed by atoms with Gasteiger partial charge in [0.1, 0.15) is 0 Å². The van der Waals surface area contributed by atoms with Crippen molar-refractivity contribution in [1.29, 1.82) is 0 Å². The van der Waals surface area contributed by atoms with Crippen molar-refractivity contribution >= 4 is 0 Å². The molecule has 1 aliphatic heterocycles. The van der Waals surface area contributed by atoms with Crippen molar-refractivity contribution in [3.63, 3.8) is 0 Å². The molecule has 1 aliphatic rings. The second-order valence-corrected chi connectivity index (χ2v) is 5.70. The first-order valence-corrected chi connectivity index (χ1v) is 7.60. The van der Waals surface area contributed by atoms with Gasteiger partial charge in [-0.1, -0.05) is 6.42 Å². The van der Waals surface area contributed by atoms with Crippen molar-refractivity contribution in [2.75, 3.05) is 13.6 Å². The summed E-state index contributed by atoms with van der Waals surface area (Å²) in [5.41, 5.74) is 2.49. The number of nitrogens with zero attached hydrogens (tertiary/aromatic N) is 3. The van der Waals surface area contributed by atoms with E-state index >= 15 is 0 Å². The fourth-order valence-corrected chi connectivity index (χ4v) is 3.18. The molecule has 1 saturated heterocycles. The first-order valence-electron chi connectivity index (χ1n) is 7.60. The zero-order valence-corrected chi connectivity index (χ0v) is 12.8. The molecule has 0 spiro atoms. The molecule has 0 aromatic carbocycles. The SMILES string of the molecule is CCn1nc(C)cc1CN1CCCCC1C(C)NC. The molecule has 0 amide bonds. The highest BCUT2D eigenvalue weighted by Gasteiger charge is 2.27. The monoisotopic (exact) mass is 264 g/mol. The van der Waals surface area contributed by atoms with Crippen LogP contribution < -0.4 is 5.32 Å². The van der Waals surface area contributed by atoms with Crippen molar-refractivity contribution in [2.45, 2.75) is 65.2 Å². The van der Waals surface area contributed by atoms with Crippen LogP contribution in [0.2, 0.25) is 0 Å². The van der Waals surface area contributed by atoms with Crippen LogP contribution in [0.1, 0.15) is 44.5 Å². The molecule has 0 radical (unpaired) electrons. The molecule has 108 valence electrons. The molecule has 0 bridgehead atoms. The first kappa shape index (κ1) is 14.5. The Balaban J connectivity index is 2.10. The fraction of sp³-hybridized carbons (Fsp3) is 0.800. The highest BCUT2D eigenvalue weighted by molar-refractivity contribution is 5.09. The van der Waals surface area contributed by atoms with Crippen LogP contribution in [0.15, 0.2) is 6.07 Å². The van der Waals surface area contributed by atoms with E-state index < -0.39 is 0 Å².